The average molecular weight is 380 g/mol. The zero-order valence-corrected chi connectivity index (χ0v) is 18.8. The highest BCUT2D eigenvalue weighted by atomic mass is 16.5. The number of methoxy groups -OCH3 is 2. The van der Waals surface area contributed by atoms with Crippen LogP contribution >= 0.6 is 0 Å². The van der Waals surface area contributed by atoms with Crippen molar-refractivity contribution in [1.29, 1.82) is 0 Å². The van der Waals surface area contributed by atoms with Gasteiger partial charge in [-0.25, -0.2) is 0 Å². The fourth-order valence-electron chi connectivity index (χ4n) is 4.12. The summed E-state index contributed by atoms with van der Waals surface area (Å²) in [5.41, 5.74) is 2.58. The van der Waals surface area contributed by atoms with Gasteiger partial charge in [-0.2, -0.15) is 0 Å². The van der Waals surface area contributed by atoms with E-state index in [2.05, 4.69) is 33.1 Å². The quantitative estimate of drug-likeness (QED) is 0.582. The number of fused-ring (bicyclic) bond motifs is 1. The second-order valence-corrected chi connectivity index (χ2v) is 7.40. The second-order valence-electron chi connectivity index (χ2n) is 7.40. The lowest BCUT2D eigenvalue weighted by Gasteiger charge is -2.30. The number of ether oxygens (including phenoxy) is 3. The third-order valence-electron chi connectivity index (χ3n) is 5.39. The minimum atomic E-state index is 0.000800. The maximum absolute atomic E-state index is 6.13. The summed E-state index contributed by atoms with van der Waals surface area (Å²) < 4.78 is 17.4. The molecule has 0 aliphatic carbocycles. The number of benzene rings is 1. The monoisotopic (exact) mass is 379 g/mol. The van der Waals surface area contributed by atoms with Crippen LogP contribution < -0.4 is 19.5 Å². The molecule has 1 aromatic rings. The summed E-state index contributed by atoms with van der Waals surface area (Å²) >= 11 is 0. The number of rotatable bonds is 10. The summed E-state index contributed by atoms with van der Waals surface area (Å²) in [7, 11) is 5.49. The molecule has 1 heterocycles. The minimum absolute atomic E-state index is 0.000800. The van der Waals surface area contributed by atoms with Crippen molar-refractivity contribution < 1.29 is 14.2 Å². The molecule has 0 saturated heterocycles. The summed E-state index contributed by atoms with van der Waals surface area (Å²) in [6, 6.07) is 2.50. The molecule has 156 valence electrons. The van der Waals surface area contributed by atoms with Crippen molar-refractivity contribution in [3.05, 3.63) is 17.2 Å². The van der Waals surface area contributed by atoms with E-state index in [4.69, 9.17) is 14.2 Å². The van der Waals surface area contributed by atoms with Gasteiger partial charge < -0.3 is 19.5 Å². The predicted octanol–water partition coefficient (Wildman–Crippen LogP) is 5.50. The van der Waals surface area contributed by atoms with Gasteiger partial charge in [0.2, 0.25) is 0 Å². The van der Waals surface area contributed by atoms with E-state index in [1.54, 1.807) is 14.2 Å². The molecule has 0 saturated carbocycles. The maximum Gasteiger partial charge on any atom is 0.164 e. The molecule has 1 unspecified atom stereocenters. The van der Waals surface area contributed by atoms with E-state index in [0.29, 0.717) is 6.04 Å². The zero-order valence-electron chi connectivity index (χ0n) is 18.8. The van der Waals surface area contributed by atoms with Crippen molar-refractivity contribution in [2.45, 2.75) is 84.6 Å². The molecule has 2 rings (SSSR count). The number of hydrogen-bond acceptors (Lipinski definition) is 4. The first-order valence-corrected chi connectivity index (χ1v) is 10.6. The molecule has 1 N–H and O–H groups in total. The third kappa shape index (κ3) is 5.31. The normalized spacial score (nSPS) is 18.8. The molecule has 1 aliphatic rings. The summed E-state index contributed by atoms with van der Waals surface area (Å²) in [6.07, 6.45) is 6.80. The lowest BCUT2D eigenvalue weighted by Crippen LogP contribution is -2.36. The van der Waals surface area contributed by atoms with Crippen LogP contribution in [0.5, 0.6) is 17.2 Å². The van der Waals surface area contributed by atoms with Gasteiger partial charge in [-0.3, -0.25) is 0 Å². The van der Waals surface area contributed by atoms with Crippen LogP contribution in [0.15, 0.2) is 6.07 Å². The largest absolute Gasteiger partial charge is 0.493 e. The van der Waals surface area contributed by atoms with E-state index in [1.165, 1.54) is 30.4 Å². The molecule has 1 aromatic carbocycles. The molecule has 0 amide bonds. The Morgan fingerprint density at radius 3 is 2.41 bits per heavy atom. The van der Waals surface area contributed by atoms with Gasteiger partial charge in [0.15, 0.2) is 11.5 Å². The van der Waals surface area contributed by atoms with Crippen LogP contribution in [-0.4, -0.2) is 33.9 Å². The van der Waals surface area contributed by atoms with Crippen LogP contribution in [0, 0.1) is 0 Å². The van der Waals surface area contributed by atoms with E-state index in [9.17, 15) is 0 Å². The molecule has 4 nitrogen and oxygen atoms in total. The van der Waals surface area contributed by atoms with Gasteiger partial charge in [0.25, 0.3) is 0 Å². The molecule has 0 radical (unpaired) electrons. The van der Waals surface area contributed by atoms with Crippen LogP contribution in [0.3, 0.4) is 0 Å². The van der Waals surface area contributed by atoms with Crippen molar-refractivity contribution in [1.82, 2.24) is 5.32 Å². The molecule has 0 spiro atoms. The Morgan fingerprint density at radius 2 is 1.89 bits per heavy atom. The van der Waals surface area contributed by atoms with E-state index in [-0.39, 0.29) is 5.41 Å². The fourth-order valence-corrected chi connectivity index (χ4v) is 4.12. The van der Waals surface area contributed by atoms with Crippen molar-refractivity contribution >= 4 is 0 Å². The first-order chi connectivity index (χ1) is 13.0. The smallest absolute Gasteiger partial charge is 0.164 e. The van der Waals surface area contributed by atoms with E-state index < -0.39 is 0 Å². The van der Waals surface area contributed by atoms with Gasteiger partial charge in [-0.15, -0.1) is 0 Å². The van der Waals surface area contributed by atoms with Gasteiger partial charge in [-0.05, 0) is 26.3 Å². The van der Waals surface area contributed by atoms with Crippen LogP contribution in [0.4, 0.5) is 0 Å². The van der Waals surface area contributed by atoms with Gasteiger partial charge in [0.05, 0.1) is 20.8 Å². The lowest BCUT2D eigenvalue weighted by atomic mass is 9.75. The fraction of sp³-hybridized carbons (Fsp3) is 0.739. The number of hydrogen-bond donors (Lipinski definition) is 1. The third-order valence-corrected chi connectivity index (χ3v) is 5.39. The Kier molecular flexibility index (Phi) is 10.00. The standard InChI is InChI=1S/C21H35NO3.C2H6/c1-7-9-11-15(22-4)13-21(3)14-25-17-12-18(23-5)20(24-6)16(10-8-2)19(17)21;1-2/h12,15,22H,7-11,13-14H2,1-6H3;1-2H3/t15-,21?;/m1./s1. The van der Waals surface area contributed by atoms with E-state index >= 15 is 0 Å². The van der Waals surface area contributed by atoms with E-state index in [0.717, 1.165) is 43.1 Å². The predicted molar refractivity (Wildman–Crippen MR) is 115 cm³/mol. The SMILES string of the molecule is CC.CCCC[C@H](CC1(C)COc2cc(OC)c(OC)c(CCC)c21)NC. The van der Waals surface area contributed by atoms with Crippen LogP contribution in [0.1, 0.15) is 77.8 Å². The van der Waals surface area contributed by atoms with Crippen molar-refractivity contribution in [3.63, 3.8) is 0 Å². The highest BCUT2D eigenvalue weighted by Crippen LogP contribution is 2.50. The Bertz CT molecular complexity index is 573. The van der Waals surface area contributed by atoms with Crippen molar-refractivity contribution in [2.24, 2.45) is 0 Å². The molecule has 4 heteroatoms. The highest BCUT2D eigenvalue weighted by Gasteiger charge is 2.41. The summed E-state index contributed by atoms with van der Waals surface area (Å²) in [4.78, 5) is 0. The molecule has 0 fully saturated rings. The lowest BCUT2D eigenvalue weighted by molar-refractivity contribution is 0.246. The van der Waals surface area contributed by atoms with Gasteiger partial charge in [-0.1, -0.05) is 53.9 Å². The van der Waals surface area contributed by atoms with Crippen molar-refractivity contribution in [2.75, 3.05) is 27.9 Å². The Labute approximate surface area is 167 Å². The molecular weight excluding hydrogens is 338 g/mol. The zero-order chi connectivity index (χ0) is 20.4. The summed E-state index contributed by atoms with van der Waals surface area (Å²) in [5.74, 6) is 2.61. The average Bonchev–Trinajstić information content (AvgIpc) is 3.02. The van der Waals surface area contributed by atoms with Crippen LogP contribution in [-0.2, 0) is 11.8 Å². The number of unbranched alkanes of at least 4 members (excludes halogenated alkanes) is 1. The Hall–Kier alpha value is -1.42. The Morgan fingerprint density at radius 1 is 1.19 bits per heavy atom. The first-order valence-electron chi connectivity index (χ1n) is 10.6. The summed E-state index contributed by atoms with van der Waals surface area (Å²) in [6.45, 7) is 11.5. The molecule has 0 aromatic heterocycles. The molecule has 0 bridgehead atoms. The molecule has 1 aliphatic heterocycles. The summed E-state index contributed by atoms with van der Waals surface area (Å²) in [5, 5.41) is 3.51. The van der Waals surface area contributed by atoms with Crippen molar-refractivity contribution in [3.8, 4) is 17.2 Å². The molecular formula is C23H41NO3. The number of nitrogens with one attached hydrogen (secondary N) is 1. The van der Waals surface area contributed by atoms with Gasteiger partial charge in [0.1, 0.15) is 5.75 Å². The maximum atomic E-state index is 6.13. The minimum Gasteiger partial charge on any atom is -0.493 e. The van der Waals surface area contributed by atoms with Crippen LogP contribution in [0.25, 0.3) is 0 Å². The second kappa shape index (κ2) is 11.4. The first kappa shape index (κ1) is 23.6. The van der Waals surface area contributed by atoms with E-state index in [1.807, 2.05) is 19.9 Å². The van der Waals surface area contributed by atoms with Gasteiger partial charge in [0, 0.05) is 28.7 Å². The topological polar surface area (TPSA) is 39.7 Å². The Balaban J connectivity index is 0.00000176. The highest BCUT2D eigenvalue weighted by molar-refractivity contribution is 5.61. The molecule has 27 heavy (non-hydrogen) atoms. The molecule has 2 atom stereocenters. The van der Waals surface area contributed by atoms with Gasteiger partial charge >= 0.3 is 0 Å². The van der Waals surface area contributed by atoms with Crippen LogP contribution in [0.2, 0.25) is 0 Å².